The molecule has 0 aliphatic heterocycles. The number of hydrogen-bond acceptors (Lipinski definition) is 2. The minimum absolute atomic E-state index is 0.231. The lowest BCUT2D eigenvalue weighted by molar-refractivity contribution is -0.137. The Balaban J connectivity index is 2.19. The highest BCUT2D eigenvalue weighted by Gasteiger charge is 2.30. The van der Waals surface area contributed by atoms with Gasteiger partial charge < -0.3 is 10.2 Å². The second-order valence-electron chi connectivity index (χ2n) is 4.42. The molecule has 5 heteroatoms. The Morgan fingerprint density at radius 1 is 0.700 bits per heavy atom. The molecule has 2 N–H and O–H groups in total. The van der Waals surface area contributed by atoms with Gasteiger partial charge in [0.15, 0.2) is 0 Å². The summed E-state index contributed by atoms with van der Waals surface area (Å²) < 4.78 is 37.3. The van der Waals surface area contributed by atoms with E-state index in [9.17, 15) is 23.4 Å². The van der Waals surface area contributed by atoms with E-state index in [1.165, 1.54) is 12.1 Å². The van der Waals surface area contributed by atoms with Gasteiger partial charge in [0.05, 0.1) is 5.56 Å². The van der Waals surface area contributed by atoms with Crippen LogP contribution < -0.4 is 0 Å². The quantitative estimate of drug-likeness (QED) is 0.905. The fourth-order valence-corrected chi connectivity index (χ4v) is 1.88. The molecule has 2 aromatic rings. The molecule has 2 atom stereocenters. The van der Waals surface area contributed by atoms with Gasteiger partial charge in [-0.15, -0.1) is 0 Å². The van der Waals surface area contributed by atoms with Crippen LogP contribution in [0, 0.1) is 0 Å². The summed E-state index contributed by atoms with van der Waals surface area (Å²) in [6.45, 7) is 0. The molecular formula is C15H13F3O2. The topological polar surface area (TPSA) is 40.5 Å². The number of halogens is 3. The fourth-order valence-electron chi connectivity index (χ4n) is 1.88. The molecule has 0 heterocycles. The van der Waals surface area contributed by atoms with Gasteiger partial charge in [-0.3, -0.25) is 0 Å². The maximum absolute atomic E-state index is 12.4. The smallest absolute Gasteiger partial charge is 0.385 e. The van der Waals surface area contributed by atoms with Crippen molar-refractivity contribution in [2.75, 3.05) is 0 Å². The monoisotopic (exact) mass is 282 g/mol. The minimum Gasteiger partial charge on any atom is -0.385 e. The molecule has 2 rings (SSSR count). The second-order valence-corrected chi connectivity index (χ2v) is 4.42. The van der Waals surface area contributed by atoms with E-state index in [0.717, 1.165) is 12.1 Å². The van der Waals surface area contributed by atoms with Crippen LogP contribution in [0.4, 0.5) is 13.2 Å². The van der Waals surface area contributed by atoms with Crippen LogP contribution in [-0.4, -0.2) is 10.2 Å². The summed E-state index contributed by atoms with van der Waals surface area (Å²) in [4.78, 5) is 0. The van der Waals surface area contributed by atoms with Crippen LogP contribution in [-0.2, 0) is 6.18 Å². The first-order chi connectivity index (χ1) is 9.39. The van der Waals surface area contributed by atoms with Gasteiger partial charge in [0, 0.05) is 0 Å². The van der Waals surface area contributed by atoms with Crippen molar-refractivity contribution in [1.29, 1.82) is 0 Å². The van der Waals surface area contributed by atoms with Crippen LogP contribution in [0.15, 0.2) is 54.6 Å². The average Bonchev–Trinajstić information content (AvgIpc) is 2.46. The first kappa shape index (κ1) is 14.6. The Bertz CT molecular complexity index is 550. The molecule has 0 fully saturated rings. The molecule has 0 bridgehead atoms. The van der Waals surface area contributed by atoms with E-state index in [-0.39, 0.29) is 5.56 Å². The van der Waals surface area contributed by atoms with Gasteiger partial charge >= 0.3 is 6.18 Å². The SMILES string of the molecule is OC(c1ccccc1)C(O)c1ccc(C(F)(F)F)cc1. The summed E-state index contributed by atoms with van der Waals surface area (Å²) in [5.41, 5.74) is -0.0584. The highest BCUT2D eigenvalue weighted by atomic mass is 19.4. The molecule has 0 saturated heterocycles. The summed E-state index contributed by atoms with van der Waals surface area (Å²) in [5, 5.41) is 20.0. The Morgan fingerprint density at radius 3 is 1.60 bits per heavy atom. The molecule has 0 radical (unpaired) electrons. The van der Waals surface area contributed by atoms with Crippen molar-refractivity contribution in [2.45, 2.75) is 18.4 Å². The summed E-state index contributed by atoms with van der Waals surface area (Å²) in [6, 6.07) is 12.6. The second kappa shape index (κ2) is 5.64. The number of aliphatic hydroxyl groups is 2. The van der Waals surface area contributed by atoms with E-state index >= 15 is 0 Å². The highest BCUT2D eigenvalue weighted by molar-refractivity contribution is 5.28. The maximum atomic E-state index is 12.4. The van der Waals surface area contributed by atoms with E-state index in [4.69, 9.17) is 0 Å². The number of hydrogen-bond donors (Lipinski definition) is 2. The van der Waals surface area contributed by atoms with Crippen molar-refractivity contribution in [3.8, 4) is 0 Å². The third-order valence-electron chi connectivity index (χ3n) is 3.02. The van der Waals surface area contributed by atoms with Crippen LogP contribution in [0.2, 0.25) is 0 Å². The van der Waals surface area contributed by atoms with E-state index in [1.807, 2.05) is 0 Å². The van der Waals surface area contributed by atoms with Gasteiger partial charge in [-0.25, -0.2) is 0 Å². The van der Waals surface area contributed by atoms with Gasteiger partial charge in [-0.2, -0.15) is 13.2 Å². The Morgan fingerprint density at radius 2 is 1.15 bits per heavy atom. The van der Waals surface area contributed by atoms with Gasteiger partial charge in [0.1, 0.15) is 12.2 Å². The van der Waals surface area contributed by atoms with E-state index in [2.05, 4.69) is 0 Å². The number of alkyl halides is 3. The van der Waals surface area contributed by atoms with Crippen molar-refractivity contribution in [3.05, 3.63) is 71.3 Å². The van der Waals surface area contributed by atoms with Crippen molar-refractivity contribution in [2.24, 2.45) is 0 Å². The molecular weight excluding hydrogens is 269 g/mol. The normalized spacial score (nSPS) is 14.8. The zero-order chi connectivity index (χ0) is 14.8. The predicted octanol–water partition coefficient (Wildman–Crippen LogP) is 3.47. The molecule has 0 spiro atoms. The number of rotatable bonds is 3. The molecule has 2 unspecified atom stereocenters. The summed E-state index contributed by atoms with van der Waals surface area (Å²) in [7, 11) is 0. The minimum atomic E-state index is -4.42. The van der Waals surface area contributed by atoms with Crippen LogP contribution in [0.3, 0.4) is 0 Å². The molecule has 0 saturated carbocycles. The lowest BCUT2D eigenvalue weighted by atomic mass is 9.97. The number of benzene rings is 2. The van der Waals surface area contributed by atoms with Gasteiger partial charge in [-0.1, -0.05) is 42.5 Å². The van der Waals surface area contributed by atoms with E-state index < -0.39 is 23.9 Å². The zero-order valence-corrected chi connectivity index (χ0v) is 10.4. The Hall–Kier alpha value is -1.85. The lowest BCUT2D eigenvalue weighted by Crippen LogP contribution is -2.11. The van der Waals surface area contributed by atoms with Gasteiger partial charge in [0.2, 0.25) is 0 Å². The van der Waals surface area contributed by atoms with Crippen LogP contribution >= 0.6 is 0 Å². The Kier molecular flexibility index (Phi) is 4.11. The maximum Gasteiger partial charge on any atom is 0.416 e. The van der Waals surface area contributed by atoms with E-state index in [0.29, 0.717) is 5.56 Å². The van der Waals surface area contributed by atoms with Crippen LogP contribution in [0.25, 0.3) is 0 Å². The first-order valence-electron chi connectivity index (χ1n) is 5.98. The molecule has 0 amide bonds. The van der Waals surface area contributed by atoms with Crippen molar-refractivity contribution in [1.82, 2.24) is 0 Å². The van der Waals surface area contributed by atoms with Crippen molar-refractivity contribution < 1.29 is 23.4 Å². The Labute approximate surface area is 114 Å². The van der Waals surface area contributed by atoms with Gasteiger partial charge in [0.25, 0.3) is 0 Å². The lowest BCUT2D eigenvalue weighted by Gasteiger charge is -2.19. The molecule has 0 aliphatic carbocycles. The fraction of sp³-hybridized carbons (Fsp3) is 0.200. The standard InChI is InChI=1S/C15H13F3O2/c16-15(17,18)12-8-6-11(7-9-12)14(20)13(19)10-4-2-1-3-5-10/h1-9,13-14,19-20H. The van der Waals surface area contributed by atoms with Crippen molar-refractivity contribution in [3.63, 3.8) is 0 Å². The third kappa shape index (κ3) is 3.18. The molecule has 20 heavy (non-hydrogen) atoms. The molecule has 2 aromatic carbocycles. The molecule has 0 aromatic heterocycles. The summed E-state index contributed by atoms with van der Waals surface area (Å²) in [6.07, 6.45) is -6.88. The molecule has 106 valence electrons. The molecule has 0 aliphatic rings. The third-order valence-corrected chi connectivity index (χ3v) is 3.02. The highest BCUT2D eigenvalue weighted by Crippen LogP contribution is 2.32. The average molecular weight is 282 g/mol. The van der Waals surface area contributed by atoms with Crippen LogP contribution in [0.1, 0.15) is 28.9 Å². The first-order valence-corrected chi connectivity index (χ1v) is 5.98. The van der Waals surface area contributed by atoms with Gasteiger partial charge in [-0.05, 0) is 23.3 Å². The summed E-state index contributed by atoms with van der Waals surface area (Å²) >= 11 is 0. The van der Waals surface area contributed by atoms with Crippen LogP contribution in [0.5, 0.6) is 0 Å². The largest absolute Gasteiger partial charge is 0.416 e. The summed E-state index contributed by atoms with van der Waals surface area (Å²) in [5.74, 6) is 0. The van der Waals surface area contributed by atoms with E-state index in [1.54, 1.807) is 30.3 Å². The zero-order valence-electron chi connectivity index (χ0n) is 10.4. The number of aliphatic hydroxyl groups excluding tert-OH is 2. The molecule has 2 nitrogen and oxygen atoms in total. The predicted molar refractivity (Wildman–Crippen MR) is 67.8 cm³/mol. The van der Waals surface area contributed by atoms with Crippen molar-refractivity contribution >= 4 is 0 Å².